The van der Waals surface area contributed by atoms with E-state index < -0.39 is 0 Å². The third-order valence-electron chi connectivity index (χ3n) is 5.71. The van der Waals surface area contributed by atoms with Crippen molar-refractivity contribution in [1.29, 1.82) is 0 Å². The molecule has 0 spiro atoms. The molecule has 5 rings (SSSR count). The van der Waals surface area contributed by atoms with E-state index in [0.717, 1.165) is 47.6 Å². The van der Waals surface area contributed by atoms with Gasteiger partial charge in [-0.1, -0.05) is 73.7 Å². The van der Waals surface area contributed by atoms with Gasteiger partial charge < -0.3 is 9.64 Å². The average molecular weight is 463 g/mol. The number of ether oxygens (including phenoxy) is 1. The Bertz CT molecular complexity index is 1340. The lowest BCUT2D eigenvalue weighted by Crippen LogP contribution is -2.23. The molecule has 5 aromatic rings. The molecule has 0 saturated heterocycles. The van der Waals surface area contributed by atoms with E-state index in [1.54, 1.807) is 0 Å². The number of hydrogen-bond acceptors (Lipinski definition) is 6. The number of anilines is 1. The van der Waals surface area contributed by atoms with Crippen molar-refractivity contribution in [3.8, 4) is 34.1 Å². The molecule has 0 amide bonds. The summed E-state index contributed by atoms with van der Waals surface area (Å²) < 4.78 is 5.84. The fourth-order valence-corrected chi connectivity index (χ4v) is 4.02. The van der Waals surface area contributed by atoms with Crippen molar-refractivity contribution in [3.63, 3.8) is 0 Å². The Morgan fingerprint density at radius 2 is 1.60 bits per heavy atom. The maximum absolute atomic E-state index is 5.84. The topological polar surface area (TPSA) is 79.8 Å². The number of benzene rings is 3. The van der Waals surface area contributed by atoms with Crippen LogP contribution in [0.2, 0.25) is 0 Å². The predicted molar refractivity (Wildman–Crippen MR) is 137 cm³/mol. The summed E-state index contributed by atoms with van der Waals surface area (Å²) in [5.74, 6) is 2.02. The quantitative estimate of drug-likeness (QED) is 0.283. The van der Waals surface area contributed by atoms with Crippen LogP contribution in [-0.4, -0.2) is 32.2 Å². The zero-order chi connectivity index (χ0) is 23.9. The minimum atomic E-state index is 0.585. The van der Waals surface area contributed by atoms with Crippen molar-refractivity contribution in [3.05, 3.63) is 103 Å². The molecule has 0 unspecified atom stereocenters. The second-order valence-electron chi connectivity index (χ2n) is 8.18. The smallest absolute Gasteiger partial charge is 0.219 e. The lowest BCUT2D eigenvalue weighted by molar-refractivity contribution is 0.463. The maximum Gasteiger partial charge on any atom is 0.219 e. The number of rotatable bonds is 9. The van der Waals surface area contributed by atoms with Crippen LogP contribution >= 0.6 is 0 Å². The second kappa shape index (κ2) is 10.6. The summed E-state index contributed by atoms with van der Waals surface area (Å²) >= 11 is 0. The van der Waals surface area contributed by atoms with Gasteiger partial charge in [0.1, 0.15) is 5.75 Å². The van der Waals surface area contributed by atoms with Crippen LogP contribution in [0.3, 0.4) is 0 Å². The Balaban J connectivity index is 1.31. The van der Waals surface area contributed by atoms with Crippen LogP contribution in [0.25, 0.3) is 22.5 Å². The lowest BCUT2D eigenvalue weighted by atomic mass is 9.98. The third-order valence-corrected chi connectivity index (χ3v) is 5.71. The molecule has 174 valence electrons. The summed E-state index contributed by atoms with van der Waals surface area (Å²) in [6.07, 6.45) is 2.92. The number of nitrogens with zero attached hydrogens (tertiary/aromatic N) is 5. The Morgan fingerprint density at radius 3 is 2.29 bits per heavy atom. The van der Waals surface area contributed by atoms with Gasteiger partial charge >= 0.3 is 0 Å². The molecule has 0 atom stereocenters. The Morgan fingerprint density at radius 1 is 0.829 bits per heavy atom. The molecule has 0 bridgehead atoms. The fourth-order valence-electron chi connectivity index (χ4n) is 4.02. The van der Waals surface area contributed by atoms with Crippen molar-refractivity contribution in [2.45, 2.75) is 19.9 Å². The molecule has 7 heteroatoms. The molecule has 35 heavy (non-hydrogen) atoms. The minimum Gasteiger partial charge on any atom is -0.439 e. The van der Waals surface area contributed by atoms with E-state index in [1.807, 2.05) is 60.8 Å². The number of para-hydroxylation sites is 1. The summed E-state index contributed by atoms with van der Waals surface area (Å²) in [4.78, 5) is 6.86. The third kappa shape index (κ3) is 5.35. The fraction of sp³-hybridized carbons (Fsp3) is 0.143. The molecule has 2 heterocycles. The van der Waals surface area contributed by atoms with E-state index in [-0.39, 0.29) is 0 Å². The molecule has 1 N–H and O–H groups in total. The highest BCUT2D eigenvalue weighted by Gasteiger charge is 2.12. The van der Waals surface area contributed by atoms with Crippen LogP contribution in [-0.2, 0) is 6.54 Å². The number of pyridine rings is 1. The summed E-state index contributed by atoms with van der Waals surface area (Å²) in [6, 6.07) is 30.5. The highest BCUT2D eigenvalue weighted by Crippen LogP contribution is 2.30. The van der Waals surface area contributed by atoms with Crippen LogP contribution in [0.1, 0.15) is 18.9 Å². The van der Waals surface area contributed by atoms with Gasteiger partial charge in [-0.25, -0.2) is 10.1 Å². The SMILES string of the molecule is CCCN(Cc1ccc(-c2ccccc2-c2nnn[nH]2)cc1)c1ccc(Oc2ccccc2)nc1. The number of H-pyrrole nitrogens is 1. The molecule has 2 aromatic heterocycles. The van der Waals surface area contributed by atoms with Crippen molar-refractivity contribution in [1.82, 2.24) is 25.6 Å². The summed E-state index contributed by atoms with van der Waals surface area (Å²) in [5.41, 5.74) is 5.47. The van der Waals surface area contributed by atoms with Crippen LogP contribution in [0.5, 0.6) is 11.6 Å². The Kier molecular flexibility index (Phi) is 6.75. The zero-order valence-corrected chi connectivity index (χ0v) is 19.5. The predicted octanol–water partition coefficient (Wildman–Crippen LogP) is 6.14. The van der Waals surface area contributed by atoms with E-state index in [1.165, 1.54) is 5.56 Å². The molecule has 0 saturated carbocycles. The van der Waals surface area contributed by atoms with Crippen molar-refractivity contribution >= 4 is 5.69 Å². The standard InChI is InChI=1S/C28H26N6O/c1-2-18-34(23-16-17-27(29-19-23)35-24-8-4-3-5-9-24)20-21-12-14-22(15-13-21)25-10-6-7-11-26(25)28-30-32-33-31-28/h3-17,19H,2,18,20H2,1H3,(H,30,31,32,33). The van der Waals surface area contributed by atoms with Gasteiger partial charge in [-0.3, -0.25) is 0 Å². The first-order valence-electron chi connectivity index (χ1n) is 11.7. The number of aromatic nitrogens is 5. The van der Waals surface area contributed by atoms with E-state index >= 15 is 0 Å². The molecular formula is C28H26N6O. The summed E-state index contributed by atoms with van der Waals surface area (Å²) in [7, 11) is 0. The van der Waals surface area contributed by atoms with Gasteiger partial charge in [0.2, 0.25) is 5.88 Å². The summed E-state index contributed by atoms with van der Waals surface area (Å²) in [6.45, 7) is 3.91. The van der Waals surface area contributed by atoms with E-state index in [2.05, 4.69) is 73.8 Å². The van der Waals surface area contributed by atoms with Gasteiger partial charge in [0.05, 0.1) is 11.9 Å². The normalized spacial score (nSPS) is 10.8. The molecule has 0 aliphatic rings. The summed E-state index contributed by atoms with van der Waals surface area (Å²) in [5, 5.41) is 14.4. The first-order valence-corrected chi connectivity index (χ1v) is 11.7. The van der Waals surface area contributed by atoms with E-state index in [4.69, 9.17) is 4.74 Å². The highest BCUT2D eigenvalue weighted by atomic mass is 16.5. The van der Waals surface area contributed by atoms with Crippen LogP contribution < -0.4 is 9.64 Å². The first kappa shape index (κ1) is 22.3. The Hall–Kier alpha value is -4.52. The number of nitrogens with one attached hydrogen (secondary N) is 1. The molecule has 3 aromatic carbocycles. The van der Waals surface area contributed by atoms with Gasteiger partial charge in [0.25, 0.3) is 0 Å². The van der Waals surface area contributed by atoms with Gasteiger partial charge in [0.15, 0.2) is 5.82 Å². The molecule has 0 radical (unpaired) electrons. The molecule has 0 aliphatic heterocycles. The van der Waals surface area contributed by atoms with Crippen LogP contribution in [0.15, 0.2) is 97.2 Å². The monoisotopic (exact) mass is 462 g/mol. The van der Waals surface area contributed by atoms with Crippen molar-refractivity contribution in [2.75, 3.05) is 11.4 Å². The van der Waals surface area contributed by atoms with Crippen molar-refractivity contribution < 1.29 is 4.74 Å². The second-order valence-corrected chi connectivity index (χ2v) is 8.18. The molecule has 0 aliphatic carbocycles. The molecule has 7 nitrogen and oxygen atoms in total. The number of hydrogen-bond donors (Lipinski definition) is 1. The zero-order valence-electron chi connectivity index (χ0n) is 19.5. The van der Waals surface area contributed by atoms with Gasteiger partial charge in [0, 0.05) is 24.7 Å². The van der Waals surface area contributed by atoms with Crippen LogP contribution in [0, 0.1) is 0 Å². The average Bonchev–Trinajstić information content (AvgIpc) is 3.45. The maximum atomic E-state index is 5.84. The van der Waals surface area contributed by atoms with Crippen molar-refractivity contribution in [2.24, 2.45) is 0 Å². The largest absolute Gasteiger partial charge is 0.439 e. The minimum absolute atomic E-state index is 0.585. The first-order chi connectivity index (χ1) is 17.3. The van der Waals surface area contributed by atoms with E-state index in [9.17, 15) is 0 Å². The van der Waals surface area contributed by atoms with Gasteiger partial charge in [-0.05, 0) is 51.7 Å². The number of tetrazole rings is 1. The van der Waals surface area contributed by atoms with Crippen LogP contribution in [0.4, 0.5) is 5.69 Å². The number of aromatic amines is 1. The Labute approximate surface area is 204 Å². The molecular weight excluding hydrogens is 436 g/mol. The lowest BCUT2D eigenvalue weighted by Gasteiger charge is -2.24. The van der Waals surface area contributed by atoms with E-state index in [0.29, 0.717) is 11.7 Å². The molecule has 0 fully saturated rings. The van der Waals surface area contributed by atoms with Gasteiger partial charge in [-0.2, -0.15) is 0 Å². The van der Waals surface area contributed by atoms with Gasteiger partial charge in [-0.15, -0.1) is 5.10 Å². The highest BCUT2D eigenvalue weighted by molar-refractivity contribution is 5.80.